The molecule has 3 nitrogen and oxygen atoms in total. The number of rotatable bonds is 5. The van der Waals surface area contributed by atoms with E-state index in [1.807, 2.05) is 24.3 Å². The Hall–Kier alpha value is -2.46. The number of benzene rings is 1. The fraction of sp³-hybridized carbons (Fsp3) is 0.158. The first-order chi connectivity index (χ1) is 11.2. The molecule has 1 aromatic carbocycles. The van der Waals surface area contributed by atoms with Crippen LogP contribution >= 0.6 is 11.3 Å². The quantitative estimate of drug-likeness (QED) is 0.768. The highest BCUT2D eigenvalue weighted by Gasteiger charge is 2.09. The van der Waals surface area contributed by atoms with Crippen molar-refractivity contribution >= 4 is 17.2 Å². The van der Waals surface area contributed by atoms with Crippen LogP contribution in [-0.4, -0.2) is 17.4 Å². The van der Waals surface area contributed by atoms with Gasteiger partial charge in [-0.1, -0.05) is 29.8 Å². The Morgan fingerprint density at radius 1 is 1.04 bits per heavy atom. The molecule has 0 saturated carbocycles. The molecule has 0 aliphatic carbocycles. The van der Waals surface area contributed by atoms with Crippen molar-refractivity contribution in [2.75, 3.05) is 6.54 Å². The first kappa shape index (κ1) is 15.4. The molecule has 0 spiro atoms. The van der Waals surface area contributed by atoms with E-state index < -0.39 is 0 Å². The molecular weight excluding hydrogens is 304 g/mol. The van der Waals surface area contributed by atoms with Crippen LogP contribution in [0.3, 0.4) is 0 Å². The summed E-state index contributed by atoms with van der Waals surface area (Å²) in [6.07, 6.45) is 4.36. The Bertz CT molecular complexity index is 779. The third-order valence-corrected chi connectivity index (χ3v) is 4.75. The molecule has 23 heavy (non-hydrogen) atoms. The van der Waals surface area contributed by atoms with Gasteiger partial charge in [-0.25, -0.2) is 0 Å². The molecule has 0 aliphatic heterocycles. The summed E-state index contributed by atoms with van der Waals surface area (Å²) in [6.45, 7) is 2.72. The van der Waals surface area contributed by atoms with Crippen LogP contribution in [0.1, 0.15) is 20.8 Å². The standard InChI is InChI=1S/C19H18N2OS/c1-14-2-4-15(5-3-14)8-13-21-19(22)18-7-6-17(23-18)16-9-11-20-12-10-16/h2-7,9-12H,8,13H2,1H3,(H,21,22). The molecule has 0 aliphatic rings. The highest BCUT2D eigenvalue weighted by Crippen LogP contribution is 2.27. The van der Waals surface area contributed by atoms with E-state index in [2.05, 4.69) is 41.5 Å². The monoisotopic (exact) mass is 322 g/mol. The zero-order valence-electron chi connectivity index (χ0n) is 13.0. The summed E-state index contributed by atoms with van der Waals surface area (Å²) in [6, 6.07) is 16.2. The van der Waals surface area contributed by atoms with Crippen molar-refractivity contribution in [2.24, 2.45) is 0 Å². The van der Waals surface area contributed by atoms with Crippen LogP contribution in [0.5, 0.6) is 0 Å². The number of thiophene rings is 1. The molecule has 1 amide bonds. The molecule has 1 N–H and O–H groups in total. The van der Waals surface area contributed by atoms with Crippen LogP contribution in [0, 0.1) is 6.92 Å². The van der Waals surface area contributed by atoms with Gasteiger partial charge in [0.25, 0.3) is 5.91 Å². The molecule has 0 saturated heterocycles. The zero-order chi connectivity index (χ0) is 16.1. The molecule has 0 radical (unpaired) electrons. The largest absolute Gasteiger partial charge is 0.351 e. The van der Waals surface area contributed by atoms with E-state index in [0.717, 1.165) is 21.7 Å². The maximum absolute atomic E-state index is 12.2. The summed E-state index contributed by atoms with van der Waals surface area (Å²) in [7, 11) is 0. The molecule has 116 valence electrons. The van der Waals surface area contributed by atoms with E-state index in [1.165, 1.54) is 22.5 Å². The van der Waals surface area contributed by atoms with Gasteiger partial charge in [-0.15, -0.1) is 11.3 Å². The minimum atomic E-state index is -0.0117. The SMILES string of the molecule is Cc1ccc(CCNC(=O)c2ccc(-c3ccncc3)s2)cc1. The van der Waals surface area contributed by atoms with Gasteiger partial charge in [0.2, 0.25) is 0 Å². The molecule has 2 aromatic heterocycles. The van der Waals surface area contributed by atoms with Crippen molar-refractivity contribution in [2.45, 2.75) is 13.3 Å². The predicted molar refractivity (Wildman–Crippen MR) is 94.8 cm³/mol. The number of aromatic nitrogens is 1. The minimum Gasteiger partial charge on any atom is -0.351 e. The number of pyridine rings is 1. The minimum absolute atomic E-state index is 0.0117. The lowest BCUT2D eigenvalue weighted by Crippen LogP contribution is -2.24. The first-order valence-corrected chi connectivity index (χ1v) is 8.38. The molecule has 3 rings (SSSR count). The number of hydrogen-bond acceptors (Lipinski definition) is 3. The van der Waals surface area contributed by atoms with Gasteiger partial charge >= 0.3 is 0 Å². The van der Waals surface area contributed by atoms with Crippen molar-refractivity contribution in [1.29, 1.82) is 0 Å². The van der Waals surface area contributed by atoms with Crippen molar-refractivity contribution in [3.8, 4) is 10.4 Å². The van der Waals surface area contributed by atoms with Crippen molar-refractivity contribution < 1.29 is 4.79 Å². The summed E-state index contributed by atoms with van der Waals surface area (Å²) in [5.41, 5.74) is 3.57. The van der Waals surface area contributed by atoms with Crippen molar-refractivity contribution in [3.63, 3.8) is 0 Å². The summed E-state index contributed by atoms with van der Waals surface area (Å²) in [5.74, 6) is -0.0117. The van der Waals surface area contributed by atoms with Gasteiger partial charge in [0.1, 0.15) is 0 Å². The Labute approximate surface area is 140 Å². The summed E-state index contributed by atoms with van der Waals surface area (Å²) < 4.78 is 0. The lowest BCUT2D eigenvalue weighted by atomic mass is 10.1. The second-order valence-corrected chi connectivity index (χ2v) is 6.48. The number of carbonyl (C=O) groups excluding carboxylic acids is 1. The Morgan fingerprint density at radius 3 is 2.52 bits per heavy atom. The number of aryl methyl sites for hydroxylation is 1. The van der Waals surface area contributed by atoms with Gasteiger partial charge in [-0.05, 0) is 48.7 Å². The van der Waals surface area contributed by atoms with Crippen LogP contribution in [0.2, 0.25) is 0 Å². The van der Waals surface area contributed by atoms with Crippen LogP contribution in [0.15, 0.2) is 60.9 Å². The van der Waals surface area contributed by atoms with E-state index in [9.17, 15) is 4.79 Å². The first-order valence-electron chi connectivity index (χ1n) is 7.56. The van der Waals surface area contributed by atoms with Crippen molar-refractivity contribution in [3.05, 3.63) is 76.9 Å². The highest BCUT2D eigenvalue weighted by atomic mass is 32.1. The van der Waals surface area contributed by atoms with Gasteiger partial charge < -0.3 is 5.32 Å². The fourth-order valence-electron chi connectivity index (χ4n) is 2.29. The Balaban J connectivity index is 1.56. The number of carbonyl (C=O) groups is 1. The van der Waals surface area contributed by atoms with Crippen LogP contribution in [0.4, 0.5) is 0 Å². The molecular formula is C19H18N2OS. The van der Waals surface area contributed by atoms with E-state index in [-0.39, 0.29) is 5.91 Å². The average Bonchev–Trinajstić information content (AvgIpc) is 3.07. The van der Waals surface area contributed by atoms with Gasteiger partial charge in [0.15, 0.2) is 0 Å². The normalized spacial score (nSPS) is 10.5. The molecule has 0 fully saturated rings. The maximum Gasteiger partial charge on any atom is 0.261 e. The van der Waals surface area contributed by atoms with Crippen molar-refractivity contribution in [1.82, 2.24) is 10.3 Å². The maximum atomic E-state index is 12.2. The number of hydrogen-bond donors (Lipinski definition) is 1. The number of nitrogens with zero attached hydrogens (tertiary/aromatic N) is 1. The summed E-state index contributed by atoms with van der Waals surface area (Å²) in [5, 5.41) is 2.99. The smallest absolute Gasteiger partial charge is 0.261 e. The number of amides is 1. The molecule has 4 heteroatoms. The Morgan fingerprint density at radius 2 is 1.78 bits per heavy atom. The lowest BCUT2D eigenvalue weighted by Gasteiger charge is -2.04. The number of nitrogens with one attached hydrogen (secondary N) is 1. The van der Waals surface area contributed by atoms with E-state index in [0.29, 0.717) is 6.54 Å². The van der Waals surface area contributed by atoms with Crippen LogP contribution in [-0.2, 0) is 6.42 Å². The van der Waals surface area contributed by atoms with E-state index in [4.69, 9.17) is 0 Å². The van der Waals surface area contributed by atoms with Gasteiger partial charge in [-0.3, -0.25) is 9.78 Å². The van der Waals surface area contributed by atoms with Crippen LogP contribution < -0.4 is 5.32 Å². The third kappa shape index (κ3) is 4.05. The van der Waals surface area contributed by atoms with Crippen LogP contribution in [0.25, 0.3) is 10.4 Å². The third-order valence-electron chi connectivity index (χ3n) is 3.61. The van der Waals surface area contributed by atoms with Gasteiger partial charge in [0, 0.05) is 23.8 Å². The molecule has 0 bridgehead atoms. The topological polar surface area (TPSA) is 42.0 Å². The summed E-state index contributed by atoms with van der Waals surface area (Å²) >= 11 is 1.50. The zero-order valence-corrected chi connectivity index (χ0v) is 13.8. The highest BCUT2D eigenvalue weighted by molar-refractivity contribution is 7.17. The van der Waals surface area contributed by atoms with Gasteiger partial charge in [0.05, 0.1) is 4.88 Å². The lowest BCUT2D eigenvalue weighted by molar-refractivity contribution is 0.0958. The Kier molecular flexibility index (Phi) is 4.83. The van der Waals surface area contributed by atoms with Gasteiger partial charge in [-0.2, -0.15) is 0 Å². The second-order valence-electron chi connectivity index (χ2n) is 5.39. The van der Waals surface area contributed by atoms with E-state index >= 15 is 0 Å². The fourth-order valence-corrected chi connectivity index (χ4v) is 3.22. The molecule has 2 heterocycles. The summed E-state index contributed by atoms with van der Waals surface area (Å²) in [4.78, 5) is 18.0. The van der Waals surface area contributed by atoms with E-state index in [1.54, 1.807) is 12.4 Å². The average molecular weight is 322 g/mol. The molecule has 0 atom stereocenters. The predicted octanol–water partition coefficient (Wildman–Crippen LogP) is 4.09. The second kappa shape index (κ2) is 7.20. The molecule has 0 unspecified atom stereocenters. The molecule has 3 aromatic rings.